The largest absolute Gasteiger partial charge is 0.465 e. The van der Waals surface area contributed by atoms with Crippen molar-refractivity contribution in [1.29, 1.82) is 0 Å². The van der Waals surface area contributed by atoms with Gasteiger partial charge in [0.05, 0.1) is 13.2 Å². The summed E-state index contributed by atoms with van der Waals surface area (Å²) in [6.07, 6.45) is 0.521. The Morgan fingerprint density at radius 3 is 2.50 bits per heavy atom. The van der Waals surface area contributed by atoms with Crippen molar-refractivity contribution in [3.63, 3.8) is 0 Å². The Balaban J connectivity index is 2.79. The van der Waals surface area contributed by atoms with Crippen LogP contribution in [0.25, 0.3) is 0 Å². The molecule has 0 bridgehead atoms. The minimum Gasteiger partial charge on any atom is -0.465 e. The molecular formula is C15H22N2O3. The number of nitrogens with zero attached hydrogens (tertiary/aromatic N) is 1. The number of rotatable bonds is 7. The van der Waals surface area contributed by atoms with Crippen LogP contribution >= 0.6 is 0 Å². The normalized spacial score (nSPS) is 12.0. The summed E-state index contributed by atoms with van der Waals surface area (Å²) in [5, 5.41) is 2.55. The highest BCUT2D eigenvalue weighted by molar-refractivity contribution is 5.80. The van der Waals surface area contributed by atoms with Crippen LogP contribution in [0.3, 0.4) is 0 Å². The smallest absolute Gasteiger partial charge is 0.323 e. The molecule has 1 aromatic carbocycles. The van der Waals surface area contributed by atoms with Crippen LogP contribution in [0.15, 0.2) is 30.3 Å². The number of hydrogen-bond acceptors (Lipinski definition) is 4. The zero-order valence-electron chi connectivity index (χ0n) is 12.3. The summed E-state index contributed by atoms with van der Waals surface area (Å²) < 4.78 is 5.10. The summed E-state index contributed by atoms with van der Waals surface area (Å²) >= 11 is 0. The Morgan fingerprint density at radius 1 is 1.30 bits per heavy atom. The molecule has 0 aliphatic rings. The Morgan fingerprint density at radius 2 is 1.95 bits per heavy atom. The predicted molar refractivity (Wildman–Crippen MR) is 77.3 cm³/mol. The van der Waals surface area contributed by atoms with Crippen LogP contribution in [-0.4, -0.2) is 50.1 Å². The van der Waals surface area contributed by atoms with Gasteiger partial charge in [0, 0.05) is 7.05 Å². The van der Waals surface area contributed by atoms with Gasteiger partial charge < -0.3 is 10.1 Å². The predicted octanol–water partition coefficient (Wildman–Crippen LogP) is 0.839. The average Bonchev–Trinajstić information content (AvgIpc) is 2.45. The van der Waals surface area contributed by atoms with Gasteiger partial charge in [-0.3, -0.25) is 14.5 Å². The van der Waals surface area contributed by atoms with Gasteiger partial charge in [-0.2, -0.15) is 0 Å². The van der Waals surface area contributed by atoms with Crippen LogP contribution in [0.4, 0.5) is 0 Å². The number of nitrogens with one attached hydrogen (secondary N) is 1. The maximum absolute atomic E-state index is 12.1. The van der Waals surface area contributed by atoms with Crippen LogP contribution in [0, 0.1) is 0 Å². The molecule has 0 spiro atoms. The fourth-order valence-electron chi connectivity index (χ4n) is 1.91. The van der Waals surface area contributed by atoms with Crippen molar-refractivity contribution in [1.82, 2.24) is 10.2 Å². The Hall–Kier alpha value is -1.88. The van der Waals surface area contributed by atoms with Gasteiger partial charge in [0.2, 0.25) is 5.91 Å². The molecule has 5 nitrogen and oxygen atoms in total. The topological polar surface area (TPSA) is 58.6 Å². The highest BCUT2D eigenvalue weighted by atomic mass is 16.5. The first kappa shape index (κ1) is 16.2. The van der Waals surface area contributed by atoms with Gasteiger partial charge in [0.1, 0.15) is 6.04 Å². The zero-order chi connectivity index (χ0) is 15.0. The molecule has 1 amide bonds. The molecule has 1 rings (SSSR count). The zero-order valence-corrected chi connectivity index (χ0v) is 12.3. The quantitative estimate of drug-likeness (QED) is 0.751. The van der Waals surface area contributed by atoms with Gasteiger partial charge in [-0.15, -0.1) is 0 Å². The Bertz CT molecular complexity index is 434. The van der Waals surface area contributed by atoms with E-state index in [0.717, 1.165) is 5.56 Å². The summed E-state index contributed by atoms with van der Waals surface area (Å²) in [5.41, 5.74) is 1.04. The Labute approximate surface area is 119 Å². The van der Waals surface area contributed by atoms with Crippen molar-refractivity contribution >= 4 is 11.9 Å². The minimum atomic E-state index is -0.463. The third-order valence-corrected chi connectivity index (χ3v) is 3.03. The monoisotopic (exact) mass is 278 g/mol. The first-order valence-corrected chi connectivity index (χ1v) is 6.69. The first-order chi connectivity index (χ1) is 9.58. The Kier molecular flexibility index (Phi) is 6.73. The van der Waals surface area contributed by atoms with Crippen molar-refractivity contribution in [2.45, 2.75) is 19.4 Å². The summed E-state index contributed by atoms with van der Waals surface area (Å²) in [4.78, 5) is 25.2. The van der Waals surface area contributed by atoms with Crippen LogP contribution in [0.5, 0.6) is 0 Å². The molecule has 20 heavy (non-hydrogen) atoms. The highest BCUT2D eigenvalue weighted by Crippen LogP contribution is 2.09. The van der Waals surface area contributed by atoms with E-state index in [1.165, 1.54) is 0 Å². The first-order valence-electron chi connectivity index (χ1n) is 6.69. The maximum atomic E-state index is 12.1. The fourth-order valence-corrected chi connectivity index (χ4v) is 1.91. The van der Waals surface area contributed by atoms with Crippen LogP contribution < -0.4 is 5.32 Å². The summed E-state index contributed by atoms with van der Waals surface area (Å²) in [6, 6.07) is 9.23. The van der Waals surface area contributed by atoms with E-state index in [9.17, 15) is 9.59 Å². The lowest BCUT2D eigenvalue weighted by Crippen LogP contribution is -2.45. The van der Waals surface area contributed by atoms with E-state index in [2.05, 4.69) is 5.32 Å². The lowest BCUT2D eigenvalue weighted by Gasteiger charge is -2.25. The number of benzene rings is 1. The maximum Gasteiger partial charge on any atom is 0.323 e. The fraction of sp³-hybridized carbons (Fsp3) is 0.467. The van der Waals surface area contributed by atoms with Crippen molar-refractivity contribution in [3.8, 4) is 0 Å². The number of amides is 1. The number of likely N-dealkylation sites (N-methyl/N-ethyl adjacent to an activating group) is 2. The van der Waals surface area contributed by atoms with Gasteiger partial charge in [-0.05, 0) is 26.0 Å². The summed E-state index contributed by atoms with van der Waals surface area (Å²) in [5.74, 6) is -0.433. The number of esters is 1. The van der Waals surface area contributed by atoms with Crippen molar-refractivity contribution in [2.24, 2.45) is 0 Å². The molecular weight excluding hydrogens is 256 g/mol. The highest BCUT2D eigenvalue weighted by Gasteiger charge is 2.26. The van der Waals surface area contributed by atoms with Gasteiger partial charge in [0.25, 0.3) is 0 Å². The third-order valence-electron chi connectivity index (χ3n) is 3.03. The second-order valence-electron chi connectivity index (χ2n) is 4.55. The number of ether oxygens (including phenoxy) is 1. The molecule has 1 atom stereocenters. The van der Waals surface area contributed by atoms with E-state index in [-0.39, 0.29) is 18.4 Å². The van der Waals surface area contributed by atoms with Gasteiger partial charge in [0.15, 0.2) is 0 Å². The SMILES string of the molecule is CCOC(=O)[C@@H](Cc1ccccc1)N(C)CC(=O)NC. The molecule has 0 radical (unpaired) electrons. The molecule has 0 heterocycles. The van der Waals surface area contributed by atoms with E-state index in [0.29, 0.717) is 13.0 Å². The molecule has 0 aromatic heterocycles. The average molecular weight is 278 g/mol. The molecule has 0 aliphatic carbocycles. The standard InChI is InChI=1S/C15H22N2O3/c1-4-20-15(19)13(17(3)11-14(18)16-2)10-12-8-6-5-7-9-12/h5-9,13H,4,10-11H2,1-3H3,(H,16,18)/t13-/m1/s1. The second kappa shape index (κ2) is 8.32. The lowest BCUT2D eigenvalue weighted by atomic mass is 10.0. The van der Waals surface area contributed by atoms with Crippen molar-refractivity contribution in [2.75, 3.05) is 27.2 Å². The number of hydrogen-bond donors (Lipinski definition) is 1. The molecule has 1 aromatic rings. The molecule has 0 unspecified atom stereocenters. The lowest BCUT2D eigenvalue weighted by molar-refractivity contribution is -0.149. The number of carbonyl (C=O) groups is 2. The van der Waals surface area contributed by atoms with Crippen molar-refractivity contribution < 1.29 is 14.3 Å². The van der Waals surface area contributed by atoms with Crippen LogP contribution in [0.1, 0.15) is 12.5 Å². The molecule has 110 valence electrons. The van der Waals surface area contributed by atoms with E-state index in [4.69, 9.17) is 4.74 Å². The second-order valence-corrected chi connectivity index (χ2v) is 4.55. The minimum absolute atomic E-state index is 0.130. The van der Waals surface area contributed by atoms with Crippen molar-refractivity contribution in [3.05, 3.63) is 35.9 Å². The number of carbonyl (C=O) groups excluding carboxylic acids is 2. The van der Waals surface area contributed by atoms with Gasteiger partial charge >= 0.3 is 5.97 Å². The molecule has 0 fully saturated rings. The van der Waals surface area contributed by atoms with E-state index in [1.807, 2.05) is 30.3 Å². The molecule has 0 aliphatic heterocycles. The van der Waals surface area contributed by atoms with E-state index >= 15 is 0 Å². The molecule has 5 heteroatoms. The summed E-state index contributed by atoms with van der Waals surface area (Å²) in [6.45, 7) is 2.26. The van der Waals surface area contributed by atoms with Gasteiger partial charge in [-0.25, -0.2) is 0 Å². The molecule has 0 saturated carbocycles. The molecule has 1 N–H and O–H groups in total. The van der Waals surface area contributed by atoms with Crippen LogP contribution in [0.2, 0.25) is 0 Å². The van der Waals surface area contributed by atoms with E-state index < -0.39 is 6.04 Å². The van der Waals surface area contributed by atoms with Crippen LogP contribution in [-0.2, 0) is 20.7 Å². The summed E-state index contributed by atoms with van der Waals surface area (Å²) in [7, 11) is 3.33. The van der Waals surface area contributed by atoms with Gasteiger partial charge in [-0.1, -0.05) is 30.3 Å². The van der Waals surface area contributed by atoms with E-state index in [1.54, 1.807) is 25.9 Å². The molecule has 0 saturated heterocycles. The third kappa shape index (κ3) is 5.01.